The van der Waals surface area contributed by atoms with Crippen molar-refractivity contribution in [2.24, 2.45) is 0 Å². The monoisotopic (exact) mass is 379 g/mol. The maximum Gasteiger partial charge on any atom is 0.228 e. The van der Waals surface area contributed by atoms with E-state index in [-0.39, 0.29) is 11.9 Å². The quantitative estimate of drug-likeness (QED) is 0.554. The minimum Gasteiger partial charge on any atom is -0.496 e. The van der Waals surface area contributed by atoms with Crippen LogP contribution < -0.4 is 4.74 Å². The molecule has 0 saturated heterocycles. The van der Waals surface area contributed by atoms with Gasteiger partial charge in [-0.3, -0.25) is 4.79 Å². The maximum atomic E-state index is 13.1. The fraction of sp³-hybridized carbons (Fsp3) is 0.261. The molecule has 0 bridgehead atoms. The van der Waals surface area contributed by atoms with Gasteiger partial charge in [0, 0.05) is 17.5 Å². The molecular formula is C23H25NO2S. The fourth-order valence-electron chi connectivity index (χ4n) is 3.23. The summed E-state index contributed by atoms with van der Waals surface area (Å²) in [6, 6.07) is 22.3. The Morgan fingerprint density at radius 3 is 2.48 bits per heavy atom. The molecule has 0 radical (unpaired) electrons. The highest BCUT2D eigenvalue weighted by Gasteiger charge is 2.22. The number of hydrogen-bond donors (Lipinski definition) is 0. The lowest BCUT2D eigenvalue weighted by molar-refractivity contribution is -0.133. The Bertz CT molecular complexity index is 846. The Labute approximate surface area is 165 Å². The van der Waals surface area contributed by atoms with E-state index in [1.807, 2.05) is 58.8 Å². The second-order valence-electron chi connectivity index (χ2n) is 6.63. The van der Waals surface area contributed by atoms with E-state index < -0.39 is 0 Å². The summed E-state index contributed by atoms with van der Waals surface area (Å²) < 4.78 is 5.49. The van der Waals surface area contributed by atoms with E-state index in [1.165, 1.54) is 0 Å². The number of benzene rings is 2. The second kappa shape index (κ2) is 9.38. The fourth-order valence-corrected chi connectivity index (χ4v) is 3.93. The molecular weight excluding hydrogens is 354 g/mol. The van der Waals surface area contributed by atoms with Crippen molar-refractivity contribution in [1.82, 2.24) is 4.90 Å². The second-order valence-corrected chi connectivity index (χ2v) is 7.66. The number of para-hydroxylation sites is 1. The molecule has 3 rings (SSSR count). The number of rotatable bonds is 8. The molecule has 0 aliphatic heterocycles. The van der Waals surface area contributed by atoms with Crippen LogP contribution in [0.25, 0.3) is 0 Å². The summed E-state index contributed by atoms with van der Waals surface area (Å²) in [5, 5.41) is 2.02. The zero-order valence-electron chi connectivity index (χ0n) is 15.8. The number of hydrogen-bond acceptors (Lipinski definition) is 3. The molecule has 3 nitrogen and oxygen atoms in total. The summed E-state index contributed by atoms with van der Waals surface area (Å²) in [5.74, 6) is 1.03. The lowest BCUT2D eigenvalue weighted by atomic mass is 10.0. The van der Waals surface area contributed by atoms with Crippen molar-refractivity contribution in [3.8, 4) is 5.75 Å². The number of carbonyl (C=O) groups excluding carboxylic acids is 1. The first-order valence-electron chi connectivity index (χ1n) is 9.15. The van der Waals surface area contributed by atoms with Gasteiger partial charge in [0.1, 0.15) is 5.75 Å². The summed E-state index contributed by atoms with van der Waals surface area (Å²) in [7, 11) is 1.69. The van der Waals surface area contributed by atoms with Crippen LogP contribution in [0.15, 0.2) is 72.1 Å². The Morgan fingerprint density at radius 2 is 1.78 bits per heavy atom. The molecule has 1 amide bonds. The van der Waals surface area contributed by atoms with E-state index in [1.54, 1.807) is 18.4 Å². The number of nitrogens with zero attached hydrogens (tertiary/aromatic N) is 1. The van der Waals surface area contributed by atoms with Crippen LogP contribution in [-0.4, -0.2) is 24.0 Å². The molecule has 0 saturated carbocycles. The van der Waals surface area contributed by atoms with Gasteiger partial charge in [0.05, 0.1) is 13.5 Å². The first-order valence-corrected chi connectivity index (χ1v) is 10.0. The van der Waals surface area contributed by atoms with Gasteiger partial charge in [-0.25, -0.2) is 0 Å². The summed E-state index contributed by atoms with van der Waals surface area (Å²) in [5.41, 5.74) is 2.26. The lowest BCUT2D eigenvalue weighted by Gasteiger charge is -2.30. The summed E-state index contributed by atoms with van der Waals surface area (Å²) in [6.45, 7) is 2.73. The molecule has 1 atom stereocenters. The molecule has 0 aliphatic rings. The number of methoxy groups -OCH3 is 1. The average Bonchev–Trinajstić information content (AvgIpc) is 3.20. The van der Waals surface area contributed by atoms with Crippen LogP contribution in [0.2, 0.25) is 0 Å². The van der Waals surface area contributed by atoms with Crippen molar-refractivity contribution in [3.63, 3.8) is 0 Å². The van der Waals surface area contributed by atoms with Crippen molar-refractivity contribution in [2.75, 3.05) is 7.11 Å². The van der Waals surface area contributed by atoms with E-state index in [9.17, 15) is 4.79 Å². The van der Waals surface area contributed by atoms with Crippen LogP contribution in [0.5, 0.6) is 5.75 Å². The molecule has 0 spiro atoms. The molecule has 2 aromatic carbocycles. The van der Waals surface area contributed by atoms with Crippen LogP contribution in [0.4, 0.5) is 0 Å². The zero-order chi connectivity index (χ0) is 19.1. The first-order chi connectivity index (χ1) is 13.2. The minimum absolute atomic E-state index is 0.0639. The SMILES string of the molecule is COc1ccccc1CC(C)N(Cc1ccccc1)C(=O)Cc1cccs1. The summed E-state index contributed by atoms with van der Waals surface area (Å²) in [6.07, 6.45) is 1.20. The molecule has 1 aromatic heterocycles. The Kier molecular flexibility index (Phi) is 6.66. The topological polar surface area (TPSA) is 29.5 Å². The minimum atomic E-state index is 0.0639. The van der Waals surface area contributed by atoms with Gasteiger partial charge in [-0.15, -0.1) is 11.3 Å². The lowest BCUT2D eigenvalue weighted by Crippen LogP contribution is -2.40. The predicted octanol–water partition coefficient (Wildman–Crippen LogP) is 4.96. The average molecular weight is 380 g/mol. The van der Waals surface area contributed by atoms with Crippen LogP contribution >= 0.6 is 11.3 Å². The molecule has 140 valence electrons. The van der Waals surface area contributed by atoms with Crippen LogP contribution in [0.3, 0.4) is 0 Å². The van der Waals surface area contributed by atoms with Crippen molar-refractivity contribution in [3.05, 3.63) is 88.1 Å². The third-order valence-corrected chi connectivity index (χ3v) is 5.54. The Hall–Kier alpha value is -2.59. The van der Waals surface area contributed by atoms with E-state index in [0.29, 0.717) is 13.0 Å². The van der Waals surface area contributed by atoms with Crippen LogP contribution in [0.1, 0.15) is 22.9 Å². The zero-order valence-corrected chi connectivity index (χ0v) is 16.6. The van der Waals surface area contributed by atoms with Gasteiger partial charge < -0.3 is 9.64 Å². The number of amides is 1. The molecule has 0 fully saturated rings. The highest BCUT2D eigenvalue weighted by molar-refractivity contribution is 7.10. The van der Waals surface area contributed by atoms with E-state index >= 15 is 0 Å². The molecule has 0 aliphatic carbocycles. The molecule has 27 heavy (non-hydrogen) atoms. The number of thiophene rings is 1. The Balaban J connectivity index is 1.80. The van der Waals surface area contributed by atoms with Gasteiger partial charge in [0.15, 0.2) is 0 Å². The third-order valence-electron chi connectivity index (χ3n) is 4.66. The summed E-state index contributed by atoms with van der Waals surface area (Å²) >= 11 is 1.63. The smallest absolute Gasteiger partial charge is 0.228 e. The van der Waals surface area contributed by atoms with Gasteiger partial charge in [-0.1, -0.05) is 54.6 Å². The number of ether oxygens (including phenoxy) is 1. The van der Waals surface area contributed by atoms with Gasteiger partial charge in [0.25, 0.3) is 0 Å². The molecule has 1 unspecified atom stereocenters. The highest BCUT2D eigenvalue weighted by Crippen LogP contribution is 2.22. The van der Waals surface area contributed by atoms with E-state index in [2.05, 4.69) is 25.1 Å². The van der Waals surface area contributed by atoms with Crippen LogP contribution in [0, 0.1) is 0 Å². The van der Waals surface area contributed by atoms with Crippen molar-refractivity contribution in [1.29, 1.82) is 0 Å². The highest BCUT2D eigenvalue weighted by atomic mass is 32.1. The Morgan fingerprint density at radius 1 is 1.04 bits per heavy atom. The van der Waals surface area contributed by atoms with E-state index in [4.69, 9.17) is 4.74 Å². The normalized spacial score (nSPS) is 11.8. The predicted molar refractivity (Wildman–Crippen MR) is 111 cm³/mol. The molecule has 4 heteroatoms. The molecule has 0 N–H and O–H groups in total. The van der Waals surface area contributed by atoms with Gasteiger partial charge >= 0.3 is 0 Å². The maximum absolute atomic E-state index is 13.1. The number of carbonyl (C=O) groups is 1. The van der Waals surface area contributed by atoms with Gasteiger partial charge in [-0.2, -0.15) is 0 Å². The molecule has 3 aromatic rings. The standard InChI is InChI=1S/C23H25NO2S/c1-18(15-20-11-6-7-13-22(20)26-2)24(17-19-9-4-3-5-10-19)23(25)16-21-12-8-14-27-21/h3-14,18H,15-17H2,1-2H3. The largest absolute Gasteiger partial charge is 0.496 e. The summed E-state index contributed by atoms with van der Waals surface area (Å²) in [4.78, 5) is 16.2. The van der Waals surface area contributed by atoms with Crippen molar-refractivity contribution >= 4 is 17.2 Å². The van der Waals surface area contributed by atoms with E-state index in [0.717, 1.165) is 28.2 Å². The van der Waals surface area contributed by atoms with Crippen molar-refractivity contribution in [2.45, 2.75) is 32.4 Å². The van der Waals surface area contributed by atoms with Gasteiger partial charge in [-0.05, 0) is 42.0 Å². The first kappa shape index (κ1) is 19.2. The van der Waals surface area contributed by atoms with Crippen molar-refractivity contribution < 1.29 is 9.53 Å². The van der Waals surface area contributed by atoms with Crippen LogP contribution in [-0.2, 0) is 24.2 Å². The van der Waals surface area contributed by atoms with Gasteiger partial charge in [0.2, 0.25) is 5.91 Å². The third kappa shape index (κ3) is 5.20. The molecule has 1 heterocycles.